The Morgan fingerprint density at radius 1 is 0.884 bits per heavy atom. The number of carbonyl (C=O) groups excluding carboxylic acids is 1. The highest BCUT2D eigenvalue weighted by molar-refractivity contribution is 7.09. The van der Waals surface area contributed by atoms with Gasteiger partial charge in [0.05, 0.1) is 20.8 Å². The summed E-state index contributed by atoms with van der Waals surface area (Å²) in [6.07, 6.45) is 0. The molecule has 0 aliphatic carbocycles. The molecule has 1 aromatic heterocycles. The van der Waals surface area contributed by atoms with Crippen molar-refractivity contribution in [1.82, 2.24) is 19.7 Å². The maximum atomic E-state index is 13.4. The highest BCUT2D eigenvalue weighted by Gasteiger charge is 2.25. The van der Waals surface area contributed by atoms with Crippen LogP contribution in [0.4, 0.5) is 0 Å². The van der Waals surface area contributed by atoms with Crippen molar-refractivity contribution in [3.8, 4) is 23.0 Å². The van der Waals surface area contributed by atoms with E-state index in [9.17, 15) is 4.79 Å². The van der Waals surface area contributed by atoms with E-state index < -0.39 is 0 Å². The van der Waals surface area contributed by atoms with Gasteiger partial charge in [-0.3, -0.25) is 14.6 Å². The highest BCUT2D eigenvalue weighted by Crippen LogP contribution is 2.34. The van der Waals surface area contributed by atoms with E-state index in [1.165, 1.54) is 16.9 Å². The Labute approximate surface area is 256 Å². The van der Waals surface area contributed by atoms with E-state index in [1.807, 2.05) is 46.7 Å². The first-order valence-corrected chi connectivity index (χ1v) is 15.3. The summed E-state index contributed by atoms with van der Waals surface area (Å²) >= 11 is 1.52. The number of methoxy groups -OCH3 is 2. The van der Waals surface area contributed by atoms with Crippen molar-refractivity contribution >= 4 is 17.2 Å². The molecule has 0 radical (unpaired) electrons. The lowest BCUT2D eigenvalue weighted by atomic mass is 10.1. The summed E-state index contributed by atoms with van der Waals surface area (Å²) in [4.78, 5) is 24.8. The predicted molar refractivity (Wildman–Crippen MR) is 165 cm³/mol. The van der Waals surface area contributed by atoms with Crippen LogP contribution < -0.4 is 18.9 Å². The molecule has 0 saturated carbocycles. The van der Waals surface area contributed by atoms with Crippen LogP contribution in [0.5, 0.6) is 23.0 Å². The zero-order valence-corrected chi connectivity index (χ0v) is 25.3. The van der Waals surface area contributed by atoms with Gasteiger partial charge in [0, 0.05) is 62.8 Å². The van der Waals surface area contributed by atoms with E-state index in [1.54, 1.807) is 14.2 Å². The monoisotopic (exact) mass is 600 g/mol. The molecule has 0 spiro atoms. The van der Waals surface area contributed by atoms with Crippen molar-refractivity contribution in [1.29, 1.82) is 0 Å². The van der Waals surface area contributed by atoms with Gasteiger partial charge in [0.15, 0.2) is 11.5 Å². The van der Waals surface area contributed by atoms with Crippen molar-refractivity contribution in [3.05, 3.63) is 99.5 Å². The van der Waals surface area contributed by atoms with Gasteiger partial charge >= 0.3 is 0 Å². The molecule has 3 aromatic carbocycles. The minimum Gasteiger partial charge on any atom is -0.497 e. The maximum Gasteiger partial charge on any atom is 0.273 e. The van der Waals surface area contributed by atoms with Gasteiger partial charge in [-0.05, 0) is 29.3 Å². The number of amides is 1. The second-order valence-electron chi connectivity index (χ2n) is 10.7. The quantitative estimate of drug-likeness (QED) is 0.237. The largest absolute Gasteiger partial charge is 0.497 e. The van der Waals surface area contributed by atoms with Crippen molar-refractivity contribution in [2.45, 2.75) is 26.2 Å². The number of fused-ring (bicyclic) bond motifs is 1. The Morgan fingerprint density at radius 2 is 1.70 bits per heavy atom. The Kier molecular flexibility index (Phi) is 9.07. The Hall–Kier alpha value is -4.12. The first-order valence-electron chi connectivity index (χ1n) is 14.4. The van der Waals surface area contributed by atoms with Crippen molar-refractivity contribution in [3.63, 3.8) is 0 Å². The fourth-order valence-corrected chi connectivity index (χ4v) is 6.28. The number of hydrogen-bond acceptors (Lipinski definition) is 9. The summed E-state index contributed by atoms with van der Waals surface area (Å²) in [5, 5.41) is 2.78. The van der Waals surface area contributed by atoms with Gasteiger partial charge in [0.2, 0.25) is 6.79 Å². The Bertz CT molecular complexity index is 1540. The van der Waals surface area contributed by atoms with Crippen LogP contribution >= 0.6 is 11.3 Å². The summed E-state index contributed by atoms with van der Waals surface area (Å²) in [5.74, 6) is 3.02. The van der Waals surface area contributed by atoms with Gasteiger partial charge in [-0.25, -0.2) is 4.98 Å². The molecular weight excluding hydrogens is 564 g/mol. The lowest BCUT2D eigenvalue weighted by Gasteiger charge is -2.34. The average molecular weight is 601 g/mol. The number of aromatic nitrogens is 1. The summed E-state index contributed by atoms with van der Waals surface area (Å²) in [7, 11) is 3.31. The first-order chi connectivity index (χ1) is 21.1. The van der Waals surface area contributed by atoms with E-state index >= 15 is 0 Å². The molecule has 1 amide bonds. The third-order valence-electron chi connectivity index (χ3n) is 7.77. The lowest BCUT2D eigenvalue weighted by molar-refractivity contribution is 0.0623. The zero-order valence-electron chi connectivity index (χ0n) is 24.5. The molecule has 2 aliphatic rings. The SMILES string of the molecule is COc1ccc(CN(Cc2ccc3c(c2)OCO3)Cc2nc(C(=O)N3CCN(Cc4ccccc4)CC3)cs2)c(OC)c1. The van der Waals surface area contributed by atoms with Gasteiger partial charge in [0.25, 0.3) is 5.91 Å². The molecule has 1 saturated heterocycles. The molecule has 0 N–H and O–H groups in total. The number of rotatable bonds is 11. The van der Waals surface area contributed by atoms with Crippen LogP contribution in [-0.2, 0) is 26.2 Å². The van der Waals surface area contributed by atoms with E-state index in [-0.39, 0.29) is 12.7 Å². The van der Waals surface area contributed by atoms with E-state index in [2.05, 4.69) is 40.1 Å². The third-order valence-corrected chi connectivity index (χ3v) is 8.60. The number of carbonyl (C=O) groups is 1. The third kappa shape index (κ3) is 7.10. The molecule has 1 fully saturated rings. The summed E-state index contributed by atoms with van der Waals surface area (Å²) in [6, 6.07) is 22.4. The first kappa shape index (κ1) is 29.0. The van der Waals surface area contributed by atoms with Crippen LogP contribution in [0, 0.1) is 0 Å². The lowest BCUT2D eigenvalue weighted by Crippen LogP contribution is -2.48. The molecular formula is C33H36N4O5S. The highest BCUT2D eigenvalue weighted by atomic mass is 32.1. The summed E-state index contributed by atoms with van der Waals surface area (Å²) in [6.45, 7) is 6.09. The van der Waals surface area contributed by atoms with Crippen LogP contribution in [-0.4, -0.2) is 72.8 Å². The number of thiazole rings is 1. The maximum absolute atomic E-state index is 13.4. The molecule has 3 heterocycles. The second-order valence-corrected chi connectivity index (χ2v) is 11.6. The minimum absolute atomic E-state index is 0.000931. The van der Waals surface area contributed by atoms with Crippen LogP contribution in [0.1, 0.15) is 32.2 Å². The fraction of sp³-hybridized carbons (Fsp3) is 0.333. The molecule has 0 bridgehead atoms. The Balaban J connectivity index is 1.13. The zero-order chi connectivity index (χ0) is 29.6. The van der Waals surface area contributed by atoms with E-state index in [0.717, 1.165) is 58.8 Å². The molecule has 4 aromatic rings. The van der Waals surface area contributed by atoms with Gasteiger partial charge < -0.3 is 23.8 Å². The summed E-state index contributed by atoms with van der Waals surface area (Å²) in [5.41, 5.74) is 3.94. The normalized spacial score (nSPS) is 14.7. The fourth-order valence-electron chi connectivity index (χ4n) is 5.47. The van der Waals surface area contributed by atoms with Gasteiger partial charge in [-0.2, -0.15) is 0 Å². The molecule has 2 aliphatic heterocycles. The molecule has 224 valence electrons. The number of nitrogens with zero attached hydrogens (tertiary/aromatic N) is 4. The van der Waals surface area contributed by atoms with Crippen molar-refractivity contribution in [2.24, 2.45) is 0 Å². The van der Waals surface area contributed by atoms with Crippen LogP contribution in [0.2, 0.25) is 0 Å². The van der Waals surface area contributed by atoms with Crippen LogP contribution in [0.25, 0.3) is 0 Å². The smallest absolute Gasteiger partial charge is 0.273 e. The van der Waals surface area contributed by atoms with Crippen LogP contribution in [0.3, 0.4) is 0 Å². The van der Waals surface area contributed by atoms with Crippen LogP contribution in [0.15, 0.2) is 72.1 Å². The standard InChI is InChI=1S/C33H36N4O5S/c1-39-27-10-9-26(30(17-27)40-2)20-36(19-25-8-11-29-31(16-25)42-23-41-29)21-32-34-28(22-43-32)33(38)37-14-12-35(13-15-37)18-24-6-4-3-5-7-24/h3-11,16-17,22H,12-15,18-21,23H2,1-2H3. The van der Waals surface area contributed by atoms with E-state index in [4.69, 9.17) is 23.9 Å². The molecule has 10 heteroatoms. The number of hydrogen-bond donors (Lipinski definition) is 0. The van der Waals surface area contributed by atoms with Gasteiger partial charge in [-0.1, -0.05) is 42.5 Å². The second kappa shape index (κ2) is 13.5. The topological polar surface area (TPSA) is 76.6 Å². The molecule has 43 heavy (non-hydrogen) atoms. The predicted octanol–water partition coefficient (Wildman–Crippen LogP) is 5.05. The minimum atomic E-state index is 0.000931. The van der Waals surface area contributed by atoms with Crippen molar-refractivity contribution in [2.75, 3.05) is 47.2 Å². The van der Waals surface area contributed by atoms with Crippen molar-refractivity contribution < 1.29 is 23.7 Å². The molecule has 0 atom stereocenters. The number of ether oxygens (including phenoxy) is 4. The Morgan fingerprint density at radius 3 is 2.49 bits per heavy atom. The molecule has 9 nitrogen and oxygen atoms in total. The van der Waals surface area contributed by atoms with Gasteiger partial charge in [0.1, 0.15) is 22.2 Å². The summed E-state index contributed by atoms with van der Waals surface area (Å²) < 4.78 is 22.2. The number of piperazine rings is 1. The molecule has 6 rings (SSSR count). The average Bonchev–Trinajstić information content (AvgIpc) is 3.71. The molecule has 0 unspecified atom stereocenters. The van der Waals surface area contributed by atoms with E-state index in [0.29, 0.717) is 38.4 Å². The number of benzene rings is 3. The van der Waals surface area contributed by atoms with Gasteiger partial charge in [-0.15, -0.1) is 11.3 Å².